The summed E-state index contributed by atoms with van der Waals surface area (Å²) in [7, 11) is -0.281. The Bertz CT molecular complexity index is 930. The molecule has 1 heterocycles. The van der Waals surface area contributed by atoms with Crippen molar-refractivity contribution in [1.29, 1.82) is 0 Å². The van der Waals surface area contributed by atoms with Crippen LogP contribution in [0.25, 0.3) is 0 Å². The minimum atomic E-state index is -3.95. The fraction of sp³-hybridized carbons (Fsp3) is 0.571. The quantitative estimate of drug-likeness (QED) is 0.477. The van der Waals surface area contributed by atoms with Crippen molar-refractivity contribution in [3.63, 3.8) is 0 Å². The van der Waals surface area contributed by atoms with E-state index in [9.17, 15) is 23.9 Å². The lowest BCUT2D eigenvalue weighted by Gasteiger charge is -2.28. The summed E-state index contributed by atoms with van der Waals surface area (Å²) in [6.45, 7) is -3.61. The third kappa shape index (κ3) is 5.56. The van der Waals surface area contributed by atoms with Gasteiger partial charge in [-0.25, -0.2) is 4.79 Å². The molecule has 1 aliphatic carbocycles. The highest BCUT2D eigenvalue weighted by atomic mass is 32.5. The molecule has 3 N–H and O–H groups in total. The standard InChI is InChI=1S/C14H22N2O9P2S/c1-22-13-10(16-6-4-11(17)15-14(16)18)8-9(5-7-26(19,20)23-2)12(13)25-27(21,28)24-3/h4-7,9-10,12-13H,8H2,1-3H3,(H,19,20)(H,21,28)(H,15,17,18)/b7-5+/t9-,10-,12+,13-,27?/m0/s1. The van der Waals surface area contributed by atoms with Crippen molar-refractivity contribution in [2.24, 2.45) is 5.92 Å². The predicted octanol–water partition coefficient (Wildman–Crippen LogP) is 0.707. The molecule has 28 heavy (non-hydrogen) atoms. The van der Waals surface area contributed by atoms with Gasteiger partial charge in [-0.2, -0.15) is 0 Å². The number of methoxy groups -OCH3 is 1. The first-order valence-corrected chi connectivity index (χ1v) is 12.3. The minimum Gasteiger partial charge on any atom is -0.377 e. The summed E-state index contributed by atoms with van der Waals surface area (Å²) in [5.41, 5.74) is -1.20. The first-order valence-electron chi connectivity index (χ1n) is 8.02. The summed E-state index contributed by atoms with van der Waals surface area (Å²) in [5.74, 6) is 0.418. The number of hydrogen-bond acceptors (Lipinski definition) is 8. The fourth-order valence-electron chi connectivity index (χ4n) is 3.06. The second kappa shape index (κ2) is 9.25. The van der Waals surface area contributed by atoms with Crippen LogP contribution in [0.15, 0.2) is 33.7 Å². The van der Waals surface area contributed by atoms with Crippen LogP contribution in [-0.2, 0) is 34.7 Å². The van der Waals surface area contributed by atoms with Gasteiger partial charge in [0.1, 0.15) is 12.2 Å². The summed E-state index contributed by atoms with van der Waals surface area (Å²) in [6.07, 6.45) is 1.27. The van der Waals surface area contributed by atoms with Crippen molar-refractivity contribution in [2.75, 3.05) is 21.3 Å². The number of nitrogens with one attached hydrogen (secondary N) is 1. The van der Waals surface area contributed by atoms with Gasteiger partial charge < -0.3 is 28.1 Å². The van der Waals surface area contributed by atoms with Gasteiger partial charge in [0.25, 0.3) is 5.56 Å². The molecule has 1 aliphatic rings. The molecule has 2 unspecified atom stereocenters. The molecule has 0 radical (unpaired) electrons. The smallest absolute Gasteiger partial charge is 0.351 e. The number of aromatic nitrogens is 2. The zero-order valence-electron chi connectivity index (χ0n) is 15.3. The number of hydrogen-bond donors (Lipinski definition) is 3. The Hall–Kier alpha value is -0.940. The summed E-state index contributed by atoms with van der Waals surface area (Å²) in [6, 6.07) is 0.576. The van der Waals surface area contributed by atoms with Gasteiger partial charge in [-0.05, 0) is 18.2 Å². The van der Waals surface area contributed by atoms with E-state index in [4.69, 9.17) is 25.6 Å². The average molecular weight is 456 g/mol. The third-order valence-electron chi connectivity index (χ3n) is 4.39. The van der Waals surface area contributed by atoms with Gasteiger partial charge in [-0.1, -0.05) is 6.08 Å². The summed E-state index contributed by atoms with van der Waals surface area (Å²) >= 11 is 4.91. The third-order valence-corrected chi connectivity index (χ3v) is 7.14. The molecule has 0 bridgehead atoms. The summed E-state index contributed by atoms with van der Waals surface area (Å²) < 4.78 is 33.4. The highest BCUT2D eigenvalue weighted by Crippen LogP contribution is 2.51. The highest BCUT2D eigenvalue weighted by Gasteiger charge is 2.47. The van der Waals surface area contributed by atoms with Crippen LogP contribution in [0.5, 0.6) is 0 Å². The Morgan fingerprint density at radius 2 is 1.93 bits per heavy atom. The van der Waals surface area contributed by atoms with Crippen LogP contribution in [0, 0.1) is 5.92 Å². The molecule has 1 saturated carbocycles. The average Bonchev–Trinajstić information content (AvgIpc) is 2.96. The molecule has 158 valence electrons. The molecule has 1 fully saturated rings. The van der Waals surface area contributed by atoms with Crippen LogP contribution in [0.4, 0.5) is 0 Å². The van der Waals surface area contributed by atoms with Crippen molar-refractivity contribution >= 4 is 26.1 Å². The maximum Gasteiger partial charge on any atom is 0.351 e. The number of H-pyrrole nitrogens is 1. The molecule has 1 aromatic rings. The first kappa shape index (κ1) is 23.3. The van der Waals surface area contributed by atoms with Crippen LogP contribution in [0.3, 0.4) is 0 Å². The molecular formula is C14H22N2O9P2S. The van der Waals surface area contributed by atoms with E-state index in [-0.39, 0.29) is 6.42 Å². The molecule has 14 heteroatoms. The Balaban J connectivity index is 2.46. The van der Waals surface area contributed by atoms with Gasteiger partial charge >= 0.3 is 20.0 Å². The number of ether oxygens (including phenoxy) is 1. The maximum atomic E-state index is 12.2. The Morgan fingerprint density at radius 3 is 2.46 bits per heavy atom. The first-order chi connectivity index (χ1) is 13.0. The molecule has 0 aromatic carbocycles. The van der Waals surface area contributed by atoms with Gasteiger partial charge in [-0.3, -0.25) is 18.9 Å². The molecule has 1 aromatic heterocycles. The molecule has 0 spiro atoms. The van der Waals surface area contributed by atoms with Gasteiger partial charge in [0.15, 0.2) is 0 Å². The lowest BCUT2D eigenvalue weighted by molar-refractivity contribution is -0.0125. The van der Waals surface area contributed by atoms with Crippen LogP contribution >= 0.6 is 14.3 Å². The van der Waals surface area contributed by atoms with Crippen molar-refractivity contribution in [2.45, 2.75) is 24.7 Å². The monoisotopic (exact) mass is 456 g/mol. The second-order valence-corrected chi connectivity index (χ2v) is 10.7. The van der Waals surface area contributed by atoms with Crippen molar-refractivity contribution in [1.82, 2.24) is 9.55 Å². The van der Waals surface area contributed by atoms with E-state index in [1.54, 1.807) is 0 Å². The zero-order chi connectivity index (χ0) is 21.1. The maximum absolute atomic E-state index is 12.2. The van der Waals surface area contributed by atoms with Crippen molar-refractivity contribution in [3.05, 3.63) is 45.0 Å². The van der Waals surface area contributed by atoms with Gasteiger partial charge in [0, 0.05) is 45.3 Å². The van der Waals surface area contributed by atoms with E-state index < -0.39 is 49.7 Å². The van der Waals surface area contributed by atoms with Gasteiger partial charge in [0.2, 0.25) is 0 Å². The molecular weight excluding hydrogens is 434 g/mol. The highest BCUT2D eigenvalue weighted by molar-refractivity contribution is 8.07. The van der Waals surface area contributed by atoms with Crippen LogP contribution < -0.4 is 11.2 Å². The van der Waals surface area contributed by atoms with E-state index in [1.807, 2.05) is 0 Å². The second-order valence-electron chi connectivity index (χ2n) is 5.99. The number of rotatable bonds is 8. The van der Waals surface area contributed by atoms with Gasteiger partial charge in [0.05, 0.1) is 6.04 Å². The zero-order valence-corrected chi connectivity index (χ0v) is 17.9. The predicted molar refractivity (Wildman–Crippen MR) is 104 cm³/mol. The molecule has 0 aliphatic heterocycles. The summed E-state index contributed by atoms with van der Waals surface area (Å²) in [5, 5.41) is 0. The lowest BCUT2D eigenvalue weighted by atomic mass is 10.1. The minimum absolute atomic E-state index is 0.231. The van der Waals surface area contributed by atoms with E-state index in [0.717, 1.165) is 12.9 Å². The Kier molecular flexibility index (Phi) is 7.71. The van der Waals surface area contributed by atoms with Crippen LogP contribution in [-0.4, -0.2) is 52.9 Å². The van der Waals surface area contributed by atoms with Crippen LogP contribution in [0.1, 0.15) is 12.5 Å². The van der Waals surface area contributed by atoms with Crippen molar-refractivity contribution < 1.29 is 32.7 Å². The topological polar surface area (TPSA) is 149 Å². The van der Waals surface area contributed by atoms with Gasteiger partial charge in [-0.15, -0.1) is 0 Å². The van der Waals surface area contributed by atoms with Crippen LogP contribution in [0.2, 0.25) is 0 Å². The Labute approximate surface area is 165 Å². The molecule has 0 saturated heterocycles. The molecule has 11 nitrogen and oxygen atoms in total. The summed E-state index contributed by atoms with van der Waals surface area (Å²) in [4.78, 5) is 45.4. The fourth-order valence-corrected chi connectivity index (χ4v) is 4.59. The van der Waals surface area contributed by atoms with E-state index >= 15 is 0 Å². The Morgan fingerprint density at radius 1 is 1.25 bits per heavy atom. The number of aromatic amines is 1. The van der Waals surface area contributed by atoms with Crippen molar-refractivity contribution in [3.8, 4) is 0 Å². The number of nitrogens with zero attached hydrogens (tertiary/aromatic N) is 1. The van der Waals surface area contributed by atoms with E-state index in [1.165, 1.54) is 37.1 Å². The molecule has 0 amide bonds. The SMILES string of the molecule is CO[C@@H]1[C@H](OP(O)(=S)OC)[C@@H](/C=C/P(=O)(O)OC)C[C@@H]1n1ccc(=O)[nH]c1=O. The lowest BCUT2D eigenvalue weighted by Crippen LogP contribution is -2.38. The van der Waals surface area contributed by atoms with E-state index in [2.05, 4.69) is 9.51 Å². The normalized spacial score (nSPS) is 29.6. The molecule has 2 rings (SSSR count). The van der Waals surface area contributed by atoms with E-state index in [0.29, 0.717) is 0 Å². The molecule has 6 atom stereocenters. The largest absolute Gasteiger partial charge is 0.377 e.